The number of nitrogens with zero attached hydrogens (tertiary/aromatic N) is 2. The maximum absolute atomic E-state index is 12.5. The number of carbonyl (C=O) groups is 2. The van der Waals surface area contributed by atoms with Crippen LogP contribution < -0.4 is 10.2 Å². The summed E-state index contributed by atoms with van der Waals surface area (Å²) in [6.07, 6.45) is 0.988. The van der Waals surface area contributed by atoms with Crippen LogP contribution in [0.3, 0.4) is 0 Å². The second-order valence-electron chi connectivity index (χ2n) is 7.67. The van der Waals surface area contributed by atoms with Gasteiger partial charge in [0.15, 0.2) is 0 Å². The molecule has 1 N–H and O–H groups in total. The van der Waals surface area contributed by atoms with Crippen molar-refractivity contribution in [2.75, 3.05) is 36.4 Å². The summed E-state index contributed by atoms with van der Waals surface area (Å²) in [5.74, 6) is 0.224. The summed E-state index contributed by atoms with van der Waals surface area (Å²) in [4.78, 5) is 28.6. The minimum Gasteiger partial charge on any atom is -0.369 e. The van der Waals surface area contributed by atoms with Crippen molar-refractivity contribution in [1.29, 1.82) is 0 Å². The van der Waals surface area contributed by atoms with Gasteiger partial charge in [0.25, 0.3) is 0 Å². The Morgan fingerprint density at radius 1 is 1.11 bits per heavy atom. The van der Waals surface area contributed by atoms with E-state index in [0.717, 1.165) is 47.2 Å². The molecule has 146 valence electrons. The molecule has 0 saturated carbocycles. The van der Waals surface area contributed by atoms with Crippen LogP contribution in [-0.4, -0.2) is 48.8 Å². The van der Waals surface area contributed by atoms with Crippen molar-refractivity contribution in [2.45, 2.75) is 25.8 Å². The highest BCUT2D eigenvalue weighted by Gasteiger charge is 2.26. The molecule has 1 atom stereocenters. The second-order valence-corrected chi connectivity index (χ2v) is 8.10. The topological polar surface area (TPSA) is 52.6 Å². The first kappa shape index (κ1) is 19.0. The molecule has 0 bridgehead atoms. The summed E-state index contributed by atoms with van der Waals surface area (Å²) in [5, 5.41) is 3.72. The number of nitrogens with one attached hydrogen (secondary N) is 1. The summed E-state index contributed by atoms with van der Waals surface area (Å²) in [6, 6.07) is 13.9. The monoisotopic (exact) mass is 397 g/mol. The highest BCUT2D eigenvalue weighted by Crippen LogP contribution is 2.24. The van der Waals surface area contributed by atoms with Gasteiger partial charge in [-0.2, -0.15) is 0 Å². The van der Waals surface area contributed by atoms with Crippen LogP contribution in [0.15, 0.2) is 42.5 Å². The van der Waals surface area contributed by atoms with E-state index >= 15 is 0 Å². The fraction of sp³-hybridized carbons (Fsp3) is 0.364. The Labute approximate surface area is 170 Å². The first-order chi connectivity index (χ1) is 13.5. The van der Waals surface area contributed by atoms with Gasteiger partial charge in [-0.3, -0.25) is 14.5 Å². The van der Waals surface area contributed by atoms with E-state index in [9.17, 15) is 9.59 Å². The smallest absolute Gasteiger partial charge is 0.238 e. The van der Waals surface area contributed by atoms with Gasteiger partial charge in [-0.1, -0.05) is 17.7 Å². The zero-order valence-electron chi connectivity index (χ0n) is 16.0. The predicted octanol–water partition coefficient (Wildman–Crippen LogP) is 3.16. The molecule has 28 heavy (non-hydrogen) atoms. The van der Waals surface area contributed by atoms with Gasteiger partial charge in [0, 0.05) is 54.9 Å². The van der Waals surface area contributed by atoms with Crippen molar-refractivity contribution >= 4 is 34.7 Å². The van der Waals surface area contributed by atoms with E-state index in [4.69, 9.17) is 11.6 Å². The minimum atomic E-state index is -0.0175. The summed E-state index contributed by atoms with van der Waals surface area (Å²) in [7, 11) is 0. The van der Waals surface area contributed by atoms with Gasteiger partial charge in [-0.25, -0.2) is 0 Å². The van der Waals surface area contributed by atoms with Gasteiger partial charge >= 0.3 is 0 Å². The number of piperazine rings is 1. The Balaban J connectivity index is 1.32. The second kappa shape index (κ2) is 7.94. The lowest BCUT2D eigenvalue weighted by molar-refractivity contribution is -0.118. The van der Waals surface area contributed by atoms with E-state index < -0.39 is 0 Å². The number of Topliss-reactive ketones (excluding diaryl/α,β-unsaturated/α-hetero) is 1. The highest BCUT2D eigenvalue weighted by atomic mass is 35.5. The summed E-state index contributed by atoms with van der Waals surface area (Å²) in [5.41, 5.74) is 4.04. The number of benzene rings is 2. The predicted molar refractivity (Wildman–Crippen MR) is 112 cm³/mol. The minimum absolute atomic E-state index is 0.0175. The molecule has 5 nitrogen and oxygen atoms in total. The van der Waals surface area contributed by atoms with Crippen molar-refractivity contribution in [3.05, 3.63) is 58.6 Å². The van der Waals surface area contributed by atoms with Crippen molar-refractivity contribution in [1.82, 2.24) is 4.90 Å². The lowest BCUT2D eigenvalue weighted by Gasteiger charge is -2.40. The highest BCUT2D eigenvalue weighted by molar-refractivity contribution is 6.30. The Bertz CT molecular complexity index is 897. The Hall–Kier alpha value is -2.37. The molecule has 2 aliphatic rings. The largest absolute Gasteiger partial charge is 0.369 e. The molecular formula is C22H24ClN3O2. The van der Waals surface area contributed by atoms with E-state index in [-0.39, 0.29) is 17.7 Å². The quantitative estimate of drug-likeness (QED) is 0.861. The molecule has 0 spiro atoms. The van der Waals surface area contributed by atoms with E-state index in [2.05, 4.69) is 22.0 Å². The summed E-state index contributed by atoms with van der Waals surface area (Å²) < 4.78 is 0. The van der Waals surface area contributed by atoms with Crippen LogP contribution in [0.25, 0.3) is 0 Å². The lowest BCUT2D eigenvalue weighted by atomic mass is 10.1. The number of hydrogen-bond donors (Lipinski definition) is 1. The summed E-state index contributed by atoms with van der Waals surface area (Å²) >= 11 is 5.98. The molecule has 2 aromatic rings. The summed E-state index contributed by atoms with van der Waals surface area (Å²) in [6.45, 7) is 5.09. The standard InChI is InChI=1S/C22H24ClN3O2/c1-15-13-26(20-6-3-18(23)4-7-20)9-8-25(15)14-22(28)24-19-5-2-16-11-21(27)12-17(16)10-19/h2-7,10,15H,8-9,11-14H2,1H3,(H,24,28)/t15-/m1/s1. The first-order valence-corrected chi connectivity index (χ1v) is 10.0. The molecule has 0 aromatic heterocycles. The van der Waals surface area contributed by atoms with Crippen LogP contribution in [0.1, 0.15) is 18.1 Å². The molecule has 1 fully saturated rings. The molecule has 1 heterocycles. The van der Waals surface area contributed by atoms with Gasteiger partial charge in [0.1, 0.15) is 5.78 Å². The zero-order chi connectivity index (χ0) is 19.7. The van der Waals surface area contributed by atoms with Crippen LogP contribution in [0.2, 0.25) is 5.02 Å². The Kier molecular flexibility index (Phi) is 5.38. The number of fused-ring (bicyclic) bond motifs is 1. The third kappa shape index (κ3) is 4.21. The number of carbonyl (C=O) groups excluding carboxylic acids is 2. The van der Waals surface area contributed by atoms with Gasteiger partial charge in [-0.15, -0.1) is 0 Å². The van der Waals surface area contributed by atoms with Crippen molar-refractivity contribution < 1.29 is 9.59 Å². The fourth-order valence-electron chi connectivity index (χ4n) is 4.03. The maximum Gasteiger partial charge on any atom is 0.238 e. The average molecular weight is 398 g/mol. The van der Waals surface area contributed by atoms with Crippen LogP contribution in [0, 0.1) is 0 Å². The number of amides is 1. The van der Waals surface area contributed by atoms with E-state index in [1.807, 2.05) is 42.5 Å². The molecule has 6 heteroatoms. The molecule has 1 amide bonds. The van der Waals surface area contributed by atoms with Crippen molar-refractivity contribution in [2.24, 2.45) is 0 Å². The van der Waals surface area contributed by atoms with E-state index in [0.29, 0.717) is 19.4 Å². The molecule has 4 rings (SSSR count). The van der Waals surface area contributed by atoms with Crippen LogP contribution >= 0.6 is 11.6 Å². The van der Waals surface area contributed by atoms with Gasteiger partial charge in [0.05, 0.1) is 6.54 Å². The third-order valence-electron chi connectivity index (χ3n) is 5.57. The van der Waals surface area contributed by atoms with Crippen LogP contribution in [0.5, 0.6) is 0 Å². The van der Waals surface area contributed by atoms with Crippen molar-refractivity contribution in [3.8, 4) is 0 Å². The molecule has 1 aliphatic heterocycles. The van der Waals surface area contributed by atoms with Gasteiger partial charge < -0.3 is 10.2 Å². The normalized spacial score (nSPS) is 19.6. The maximum atomic E-state index is 12.5. The molecule has 0 radical (unpaired) electrons. The number of hydrogen-bond acceptors (Lipinski definition) is 4. The lowest BCUT2D eigenvalue weighted by Crippen LogP contribution is -2.53. The Morgan fingerprint density at radius 3 is 2.61 bits per heavy atom. The van der Waals surface area contributed by atoms with Gasteiger partial charge in [0.2, 0.25) is 5.91 Å². The number of rotatable bonds is 4. The first-order valence-electron chi connectivity index (χ1n) is 9.66. The molecule has 1 aliphatic carbocycles. The molecular weight excluding hydrogens is 374 g/mol. The average Bonchev–Trinajstić information content (AvgIpc) is 3.03. The zero-order valence-corrected chi connectivity index (χ0v) is 16.7. The molecule has 1 saturated heterocycles. The fourth-order valence-corrected chi connectivity index (χ4v) is 4.16. The van der Waals surface area contributed by atoms with E-state index in [1.165, 1.54) is 0 Å². The van der Waals surface area contributed by atoms with Crippen LogP contribution in [-0.2, 0) is 22.4 Å². The Morgan fingerprint density at radius 2 is 1.86 bits per heavy atom. The molecule has 2 aromatic carbocycles. The van der Waals surface area contributed by atoms with Crippen LogP contribution in [0.4, 0.5) is 11.4 Å². The number of anilines is 2. The molecule has 0 unspecified atom stereocenters. The number of ketones is 1. The van der Waals surface area contributed by atoms with Crippen molar-refractivity contribution in [3.63, 3.8) is 0 Å². The van der Waals surface area contributed by atoms with Gasteiger partial charge in [-0.05, 0) is 54.4 Å². The number of halogens is 1. The SMILES string of the molecule is C[C@@H]1CN(c2ccc(Cl)cc2)CCN1CC(=O)Nc1ccc2c(c1)CC(=O)C2. The van der Waals surface area contributed by atoms with E-state index in [1.54, 1.807) is 0 Å². The third-order valence-corrected chi connectivity index (χ3v) is 5.82.